The predicted molar refractivity (Wildman–Crippen MR) is 71.7 cm³/mol. The van der Waals surface area contributed by atoms with Crippen molar-refractivity contribution in [3.05, 3.63) is 29.3 Å². The lowest BCUT2D eigenvalue weighted by molar-refractivity contribution is -0.118. The van der Waals surface area contributed by atoms with E-state index in [-0.39, 0.29) is 0 Å². The molecule has 1 fully saturated rings. The first-order valence-electron chi connectivity index (χ1n) is 6.45. The van der Waals surface area contributed by atoms with E-state index in [2.05, 4.69) is 43.9 Å². The smallest absolute Gasteiger partial charge is 0.152 e. The highest BCUT2D eigenvalue weighted by molar-refractivity contribution is 5.85. The van der Waals surface area contributed by atoms with Gasteiger partial charge >= 0.3 is 0 Å². The van der Waals surface area contributed by atoms with E-state index in [1.165, 1.54) is 16.8 Å². The number of carbonyl (C=O) groups is 1. The molecule has 2 heteroatoms. The topological polar surface area (TPSA) is 20.3 Å². The van der Waals surface area contributed by atoms with Crippen molar-refractivity contribution in [2.24, 2.45) is 0 Å². The summed E-state index contributed by atoms with van der Waals surface area (Å²) in [4.78, 5) is 13.9. The van der Waals surface area contributed by atoms with Gasteiger partial charge in [0.05, 0.1) is 6.54 Å². The van der Waals surface area contributed by atoms with Crippen LogP contribution in [-0.4, -0.2) is 18.9 Å². The molecule has 1 heterocycles. The maximum Gasteiger partial charge on any atom is 0.152 e. The van der Waals surface area contributed by atoms with E-state index >= 15 is 0 Å². The molecule has 0 N–H and O–H groups in total. The first kappa shape index (κ1) is 12.2. The number of aryl methyl sites for hydroxylation is 1. The van der Waals surface area contributed by atoms with Gasteiger partial charge in [-0.15, -0.1) is 0 Å². The lowest BCUT2D eigenvalue weighted by atomic mass is 9.96. The molecule has 2 nitrogen and oxygen atoms in total. The van der Waals surface area contributed by atoms with Crippen molar-refractivity contribution in [2.45, 2.75) is 39.5 Å². The normalized spacial score (nSPS) is 16.7. The van der Waals surface area contributed by atoms with E-state index in [4.69, 9.17) is 0 Å². The van der Waals surface area contributed by atoms with Crippen LogP contribution < -0.4 is 4.90 Å². The van der Waals surface area contributed by atoms with Crippen LogP contribution in [0.3, 0.4) is 0 Å². The number of piperidine rings is 1. The lowest BCUT2D eigenvalue weighted by Gasteiger charge is -2.32. The van der Waals surface area contributed by atoms with Crippen molar-refractivity contribution in [3.8, 4) is 0 Å². The van der Waals surface area contributed by atoms with Gasteiger partial charge in [-0.3, -0.25) is 4.79 Å². The van der Waals surface area contributed by atoms with Crippen molar-refractivity contribution in [1.82, 2.24) is 0 Å². The molecule has 92 valence electrons. The van der Waals surface area contributed by atoms with Gasteiger partial charge < -0.3 is 4.90 Å². The molecular formula is C15H21NO. The van der Waals surface area contributed by atoms with Crippen molar-refractivity contribution in [3.63, 3.8) is 0 Å². The summed E-state index contributed by atoms with van der Waals surface area (Å²) in [5.41, 5.74) is 3.93. The van der Waals surface area contributed by atoms with Crippen LogP contribution in [0.1, 0.15) is 43.7 Å². The molecule has 0 unspecified atom stereocenters. The van der Waals surface area contributed by atoms with E-state index in [0.29, 0.717) is 18.2 Å². The number of anilines is 1. The Labute approximate surface area is 104 Å². The number of rotatable bonds is 2. The summed E-state index contributed by atoms with van der Waals surface area (Å²) in [5, 5.41) is 0. The maximum absolute atomic E-state index is 11.6. The van der Waals surface area contributed by atoms with Gasteiger partial charge in [0.15, 0.2) is 5.78 Å². The van der Waals surface area contributed by atoms with Gasteiger partial charge in [-0.05, 0) is 30.4 Å². The number of para-hydroxylation sites is 1. The van der Waals surface area contributed by atoms with Crippen LogP contribution in [-0.2, 0) is 4.79 Å². The SMILES string of the molecule is Cc1cccc(C(C)C)c1N1CCCC(=O)C1. The summed E-state index contributed by atoms with van der Waals surface area (Å²) in [5.74, 6) is 0.871. The molecule has 1 aromatic carbocycles. The molecule has 0 bridgehead atoms. The minimum Gasteiger partial charge on any atom is -0.364 e. The molecule has 1 saturated heterocycles. The van der Waals surface area contributed by atoms with Gasteiger partial charge in [-0.1, -0.05) is 32.0 Å². The van der Waals surface area contributed by atoms with E-state index < -0.39 is 0 Å². The number of hydrogen-bond donors (Lipinski definition) is 0. The van der Waals surface area contributed by atoms with Crippen LogP contribution in [0.25, 0.3) is 0 Å². The monoisotopic (exact) mass is 231 g/mol. The molecule has 1 aliphatic heterocycles. The Bertz CT molecular complexity index is 423. The highest BCUT2D eigenvalue weighted by atomic mass is 16.1. The second-order valence-electron chi connectivity index (χ2n) is 5.23. The van der Waals surface area contributed by atoms with Crippen LogP contribution in [0.4, 0.5) is 5.69 Å². The molecule has 0 aromatic heterocycles. The Morgan fingerprint density at radius 2 is 2.06 bits per heavy atom. The number of carbonyl (C=O) groups excluding carboxylic acids is 1. The van der Waals surface area contributed by atoms with Crippen molar-refractivity contribution in [1.29, 1.82) is 0 Å². The summed E-state index contributed by atoms with van der Waals surface area (Å²) in [7, 11) is 0. The zero-order valence-electron chi connectivity index (χ0n) is 11.0. The summed E-state index contributed by atoms with van der Waals surface area (Å²) in [6, 6.07) is 6.44. The molecule has 0 amide bonds. The number of nitrogens with zero attached hydrogens (tertiary/aromatic N) is 1. The Morgan fingerprint density at radius 1 is 1.29 bits per heavy atom. The first-order valence-corrected chi connectivity index (χ1v) is 6.45. The zero-order valence-corrected chi connectivity index (χ0v) is 11.0. The fourth-order valence-corrected chi connectivity index (χ4v) is 2.61. The minimum absolute atomic E-state index is 0.370. The maximum atomic E-state index is 11.6. The molecule has 0 atom stereocenters. The molecule has 2 rings (SSSR count). The first-order chi connectivity index (χ1) is 8.09. The summed E-state index contributed by atoms with van der Waals surface area (Å²) < 4.78 is 0. The van der Waals surface area contributed by atoms with E-state index in [1.54, 1.807) is 0 Å². The molecule has 1 aliphatic rings. The summed E-state index contributed by atoms with van der Waals surface area (Å²) in [6.07, 6.45) is 1.74. The van der Waals surface area contributed by atoms with Crippen LogP contribution in [0.2, 0.25) is 0 Å². The summed E-state index contributed by atoms with van der Waals surface area (Å²) >= 11 is 0. The highest BCUT2D eigenvalue weighted by Crippen LogP contribution is 2.32. The van der Waals surface area contributed by atoms with Gasteiger partial charge in [-0.25, -0.2) is 0 Å². The average Bonchev–Trinajstić information content (AvgIpc) is 2.28. The average molecular weight is 231 g/mol. The fourth-order valence-electron chi connectivity index (χ4n) is 2.61. The van der Waals surface area contributed by atoms with Crippen molar-refractivity contribution >= 4 is 11.5 Å². The third-order valence-electron chi connectivity index (χ3n) is 3.46. The number of ketones is 1. The molecule has 0 saturated carbocycles. The standard InChI is InChI=1S/C15H21NO/c1-11(2)14-8-4-6-12(3)15(14)16-9-5-7-13(17)10-16/h4,6,8,11H,5,7,9-10H2,1-3H3. The Morgan fingerprint density at radius 3 is 2.71 bits per heavy atom. The Hall–Kier alpha value is -1.31. The molecule has 17 heavy (non-hydrogen) atoms. The third kappa shape index (κ3) is 2.51. The molecule has 0 radical (unpaired) electrons. The fraction of sp³-hybridized carbons (Fsp3) is 0.533. The van der Waals surface area contributed by atoms with Gasteiger partial charge in [0.1, 0.15) is 0 Å². The Kier molecular flexibility index (Phi) is 3.51. The van der Waals surface area contributed by atoms with Crippen molar-refractivity contribution < 1.29 is 4.79 Å². The van der Waals surface area contributed by atoms with Gasteiger partial charge in [-0.2, -0.15) is 0 Å². The van der Waals surface area contributed by atoms with Crippen LogP contribution in [0, 0.1) is 6.92 Å². The largest absolute Gasteiger partial charge is 0.364 e. The predicted octanol–water partition coefficient (Wildman–Crippen LogP) is 3.29. The number of benzene rings is 1. The van der Waals surface area contributed by atoms with Gasteiger partial charge in [0, 0.05) is 18.7 Å². The quantitative estimate of drug-likeness (QED) is 0.778. The lowest BCUT2D eigenvalue weighted by Crippen LogP contribution is -2.36. The zero-order chi connectivity index (χ0) is 12.4. The summed E-state index contributed by atoms with van der Waals surface area (Å²) in [6.45, 7) is 8.16. The number of Topliss-reactive ketones (excluding diaryl/α,β-unsaturated/α-hetero) is 1. The molecule has 0 aliphatic carbocycles. The second-order valence-corrected chi connectivity index (χ2v) is 5.23. The minimum atomic E-state index is 0.370. The second kappa shape index (κ2) is 4.91. The van der Waals surface area contributed by atoms with E-state index in [0.717, 1.165) is 19.4 Å². The highest BCUT2D eigenvalue weighted by Gasteiger charge is 2.21. The molecule has 1 aromatic rings. The van der Waals surface area contributed by atoms with E-state index in [1.807, 2.05) is 0 Å². The third-order valence-corrected chi connectivity index (χ3v) is 3.46. The number of hydrogen-bond acceptors (Lipinski definition) is 2. The van der Waals surface area contributed by atoms with Crippen LogP contribution >= 0.6 is 0 Å². The van der Waals surface area contributed by atoms with E-state index in [9.17, 15) is 4.79 Å². The van der Waals surface area contributed by atoms with Crippen LogP contribution in [0.5, 0.6) is 0 Å². The van der Waals surface area contributed by atoms with Crippen LogP contribution in [0.15, 0.2) is 18.2 Å². The Balaban J connectivity index is 2.39. The van der Waals surface area contributed by atoms with Crippen molar-refractivity contribution in [2.75, 3.05) is 18.0 Å². The van der Waals surface area contributed by atoms with Gasteiger partial charge in [0.2, 0.25) is 0 Å². The van der Waals surface area contributed by atoms with Gasteiger partial charge in [0.25, 0.3) is 0 Å². The molecular weight excluding hydrogens is 210 g/mol. The molecule has 0 spiro atoms.